The highest BCUT2D eigenvalue weighted by Gasteiger charge is 2.36. The van der Waals surface area contributed by atoms with Crippen LogP contribution in [0.5, 0.6) is 0 Å². The van der Waals surface area contributed by atoms with Gasteiger partial charge in [0, 0.05) is 0 Å². The first-order valence-corrected chi connectivity index (χ1v) is 11.5. The number of amides is 2. The van der Waals surface area contributed by atoms with E-state index in [-0.39, 0.29) is 25.0 Å². The van der Waals surface area contributed by atoms with Crippen molar-refractivity contribution in [2.75, 3.05) is 18.1 Å². The predicted octanol–water partition coefficient (Wildman–Crippen LogP) is 3.68. The summed E-state index contributed by atoms with van der Waals surface area (Å²) in [6.07, 6.45) is 0. The Morgan fingerprint density at radius 1 is 1.00 bits per heavy atom. The van der Waals surface area contributed by atoms with Gasteiger partial charge in [0.1, 0.15) is 0 Å². The van der Waals surface area contributed by atoms with Gasteiger partial charge >= 0.3 is 11.9 Å². The van der Waals surface area contributed by atoms with Crippen molar-refractivity contribution < 1.29 is 28.7 Å². The lowest BCUT2D eigenvalue weighted by Crippen LogP contribution is -2.30. The van der Waals surface area contributed by atoms with Crippen LogP contribution in [-0.4, -0.2) is 47.2 Å². The van der Waals surface area contributed by atoms with Crippen molar-refractivity contribution >= 4 is 62.8 Å². The van der Waals surface area contributed by atoms with Gasteiger partial charge in [-0.3, -0.25) is 19.2 Å². The van der Waals surface area contributed by atoms with E-state index in [1.807, 2.05) is 0 Å². The largest absolute Gasteiger partial charge is 0.465 e. The SMILES string of the molecule is CCOC(=O)C(Sc1nc2ccc(N3C(=O)c4ccccc4C3=O)cc2s1)C(=O)OCC. The molecule has 1 aliphatic rings. The minimum Gasteiger partial charge on any atom is -0.465 e. The average molecular weight is 471 g/mol. The molecule has 2 amide bonds. The number of imide groups is 1. The summed E-state index contributed by atoms with van der Waals surface area (Å²) in [5.41, 5.74) is 1.77. The number of nitrogens with zero attached hydrogens (tertiary/aromatic N) is 2. The molecule has 0 aliphatic carbocycles. The van der Waals surface area contributed by atoms with E-state index in [4.69, 9.17) is 9.47 Å². The molecule has 0 bridgehead atoms. The van der Waals surface area contributed by atoms with E-state index in [1.165, 1.54) is 11.3 Å². The lowest BCUT2D eigenvalue weighted by atomic mass is 10.1. The molecule has 0 saturated carbocycles. The number of ether oxygens (including phenoxy) is 2. The third-order valence-corrected chi connectivity index (χ3v) is 6.89. The molecule has 164 valence electrons. The smallest absolute Gasteiger partial charge is 0.331 e. The highest BCUT2D eigenvalue weighted by Crippen LogP contribution is 2.36. The molecule has 0 atom stereocenters. The first-order chi connectivity index (χ1) is 15.4. The second-order valence-electron chi connectivity index (χ2n) is 6.63. The Balaban J connectivity index is 1.62. The molecule has 0 saturated heterocycles. The van der Waals surface area contributed by atoms with Crippen LogP contribution in [0.15, 0.2) is 46.8 Å². The average Bonchev–Trinajstić information content (AvgIpc) is 3.30. The number of hydrogen-bond acceptors (Lipinski definition) is 9. The minimum absolute atomic E-state index is 0.138. The van der Waals surface area contributed by atoms with Crippen molar-refractivity contribution in [1.29, 1.82) is 0 Å². The number of thioether (sulfide) groups is 1. The van der Waals surface area contributed by atoms with E-state index < -0.39 is 17.2 Å². The van der Waals surface area contributed by atoms with Gasteiger partial charge in [-0.25, -0.2) is 9.88 Å². The summed E-state index contributed by atoms with van der Waals surface area (Å²) in [6.45, 7) is 3.59. The van der Waals surface area contributed by atoms with Crippen molar-refractivity contribution in [3.05, 3.63) is 53.6 Å². The number of hydrogen-bond donors (Lipinski definition) is 0. The van der Waals surface area contributed by atoms with Gasteiger partial charge < -0.3 is 9.47 Å². The number of fused-ring (bicyclic) bond motifs is 2. The van der Waals surface area contributed by atoms with Crippen molar-refractivity contribution in [2.45, 2.75) is 23.4 Å². The van der Waals surface area contributed by atoms with E-state index in [0.717, 1.165) is 16.7 Å². The third-order valence-electron chi connectivity index (χ3n) is 4.62. The van der Waals surface area contributed by atoms with Crippen LogP contribution in [0.25, 0.3) is 10.2 Å². The summed E-state index contributed by atoms with van der Waals surface area (Å²) in [4.78, 5) is 55.6. The molecule has 0 N–H and O–H groups in total. The van der Waals surface area contributed by atoms with Gasteiger partial charge in [0.25, 0.3) is 11.8 Å². The van der Waals surface area contributed by atoms with Gasteiger partial charge in [0.2, 0.25) is 5.25 Å². The maximum Gasteiger partial charge on any atom is 0.331 e. The molecule has 32 heavy (non-hydrogen) atoms. The molecule has 0 unspecified atom stereocenters. The number of anilines is 1. The quantitative estimate of drug-likeness (QED) is 0.223. The molecule has 0 radical (unpaired) electrons. The molecule has 2 aromatic carbocycles. The Hall–Kier alpha value is -3.24. The van der Waals surface area contributed by atoms with Crippen molar-refractivity contribution in [1.82, 2.24) is 4.98 Å². The molecule has 1 aromatic heterocycles. The van der Waals surface area contributed by atoms with Crippen LogP contribution >= 0.6 is 23.1 Å². The Morgan fingerprint density at radius 3 is 2.16 bits per heavy atom. The fourth-order valence-electron chi connectivity index (χ4n) is 3.23. The Bertz CT molecular complexity index is 1190. The number of thiazole rings is 1. The van der Waals surface area contributed by atoms with Crippen molar-refractivity contribution in [2.24, 2.45) is 0 Å². The highest BCUT2D eigenvalue weighted by molar-refractivity contribution is 8.03. The lowest BCUT2D eigenvalue weighted by molar-refractivity contribution is -0.152. The second kappa shape index (κ2) is 9.09. The van der Waals surface area contributed by atoms with Crippen LogP contribution in [0.3, 0.4) is 0 Å². The van der Waals surface area contributed by atoms with Gasteiger partial charge in [-0.1, -0.05) is 23.9 Å². The van der Waals surface area contributed by atoms with Crippen LogP contribution in [0.4, 0.5) is 5.69 Å². The van der Waals surface area contributed by atoms with Crippen LogP contribution in [0, 0.1) is 0 Å². The number of aromatic nitrogens is 1. The molecule has 0 spiro atoms. The van der Waals surface area contributed by atoms with E-state index in [9.17, 15) is 19.2 Å². The molecule has 8 nitrogen and oxygen atoms in total. The topological polar surface area (TPSA) is 103 Å². The van der Waals surface area contributed by atoms with Gasteiger partial charge in [0.15, 0.2) is 4.34 Å². The molecule has 1 aliphatic heterocycles. The first kappa shape index (κ1) is 22.0. The molecular weight excluding hydrogens is 452 g/mol. The molecular formula is C22H18N2O6S2. The maximum atomic E-state index is 12.8. The van der Waals surface area contributed by atoms with Gasteiger partial charge in [-0.2, -0.15) is 0 Å². The predicted molar refractivity (Wildman–Crippen MR) is 120 cm³/mol. The second-order valence-corrected chi connectivity index (χ2v) is 9.01. The van der Waals surface area contributed by atoms with Crippen molar-refractivity contribution in [3.63, 3.8) is 0 Å². The Kier molecular flexibility index (Phi) is 6.24. The Labute approximate surface area is 191 Å². The number of esters is 2. The van der Waals surface area contributed by atoms with Gasteiger partial charge in [-0.05, 0) is 44.2 Å². The lowest BCUT2D eigenvalue weighted by Gasteiger charge is -2.13. The monoisotopic (exact) mass is 470 g/mol. The zero-order valence-electron chi connectivity index (χ0n) is 17.2. The molecule has 3 aromatic rings. The number of carbonyl (C=O) groups is 4. The summed E-state index contributed by atoms with van der Waals surface area (Å²) >= 11 is 2.19. The summed E-state index contributed by atoms with van der Waals surface area (Å²) in [5.74, 6) is -2.15. The standard InChI is InChI=1S/C22H18N2O6S2/c1-3-29-20(27)17(21(28)30-4-2)32-22-23-15-10-9-12(11-16(15)31-22)24-18(25)13-7-5-6-8-14(13)19(24)26/h5-11,17H,3-4H2,1-2H3. The Morgan fingerprint density at radius 2 is 1.59 bits per heavy atom. The van der Waals surface area contributed by atoms with E-state index in [1.54, 1.807) is 56.3 Å². The van der Waals surface area contributed by atoms with Crippen LogP contribution < -0.4 is 4.90 Å². The summed E-state index contributed by atoms with van der Waals surface area (Å²) < 4.78 is 11.2. The number of carbonyl (C=O) groups excluding carboxylic acids is 4. The van der Waals surface area contributed by atoms with E-state index >= 15 is 0 Å². The fraction of sp³-hybridized carbons (Fsp3) is 0.227. The molecule has 2 heterocycles. The first-order valence-electron chi connectivity index (χ1n) is 9.83. The highest BCUT2D eigenvalue weighted by atomic mass is 32.2. The van der Waals surface area contributed by atoms with E-state index in [2.05, 4.69) is 4.98 Å². The normalized spacial score (nSPS) is 13.0. The van der Waals surface area contributed by atoms with Crippen LogP contribution in [-0.2, 0) is 19.1 Å². The van der Waals surface area contributed by atoms with Crippen LogP contribution in [0.1, 0.15) is 34.6 Å². The summed E-state index contributed by atoms with van der Waals surface area (Å²) in [7, 11) is 0. The number of rotatable bonds is 7. The molecule has 10 heteroatoms. The zero-order chi connectivity index (χ0) is 22.8. The summed E-state index contributed by atoms with van der Waals surface area (Å²) in [5, 5.41) is -1.19. The van der Waals surface area contributed by atoms with Crippen molar-refractivity contribution in [3.8, 4) is 0 Å². The fourth-order valence-corrected chi connectivity index (χ4v) is 5.40. The van der Waals surface area contributed by atoms with Crippen LogP contribution in [0.2, 0.25) is 0 Å². The maximum absolute atomic E-state index is 12.8. The van der Waals surface area contributed by atoms with Gasteiger partial charge in [0.05, 0.1) is 40.2 Å². The molecule has 0 fully saturated rings. The van der Waals surface area contributed by atoms with Gasteiger partial charge in [-0.15, -0.1) is 11.3 Å². The third kappa shape index (κ3) is 3.98. The van der Waals surface area contributed by atoms with E-state index in [0.29, 0.717) is 31.4 Å². The minimum atomic E-state index is -1.19. The molecule has 4 rings (SSSR count). The zero-order valence-corrected chi connectivity index (χ0v) is 18.8. The number of benzene rings is 2. The summed E-state index contributed by atoms with van der Waals surface area (Å²) in [6, 6.07) is 11.7.